The Kier molecular flexibility index (Phi) is 7.21. The zero-order valence-corrected chi connectivity index (χ0v) is 16.5. The number of hydrogen-bond acceptors (Lipinski definition) is 7. The van der Waals surface area contributed by atoms with E-state index in [1.54, 1.807) is 12.1 Å². The van der Waals surface area contributed by atoms with Crippen molar-refractivity contribution in [2.45, 2.75) is 13.8 Å². The summed E-state index contributed by atoms with van der Waals surface area (Å²) in [5.74, 6) is -2.01. The van der Waals surface area contributed by atoms with Crippen molar-refractivity contribution in [3.63, 3.8) is 0 Å². The monoisotopic (exact) mass is 404 g/mol. The summed E-state index contributed by atoms with van der Waals surface area (Å²) in [5.41, 5.74) is 1.68. The zero-order chi connectivity index (χ0) is 20.7. The molecule has 2 aromatic rings. The number of nitrogens with zero attached hydrogens (tertiary/aromatic N) is 2. The summed E-state index contributed by atoms with van der Waals surface area (Å²) in [5, 5.41) is 6.80. The first kappa shape index (κ1) is 21.0. The third-order valence-electron chi connectivity index (χ3n) is 3.46. The largest absolute Gasteiger partial charge is 0.451 e. The maximum atomic E-state index is 12.1. The SMILES string of the molecule is CC(=O)Nc1nc(C(=O)OCC(=O)N(C)CC(=O)Nc2ccc(C)cc2)cs1. The number of rotatable bonds is 7. The number of aromatic nitrogens is 1. The predicted molar refractivity (Wildman–Crippen MR) is 104 cm³/mol. The van der Waals surface area contributed by atoms with Gasteiger partial charge in [0.05, 0.1) is 6.54 Å². The van der Waals surface area contributed by atoms with Crippen LogP contribution in [0.2, 0.25) is 0 Å². The number of benzene rings is 1. The molecular weight excluding hydrogens is 384 g/mol. The van der Waals surface area contributed by atoms with E-state index in [4.69, 9.17) is 4.74 Å². The zero-order valence-electron chi connectivity index (χ0n) is 15.6. The van der Waals surface area contributed by atoms with E-state index in [9.17, 15) is 19.2 Å². The molecule has 0 aliphatic rings. The van der Waals surface area contributed by atoms with E-state index in [1.807, 2.05) is 19.1 Å². The Labute approximate surface area is 165 Å². The molecule has 0 saturated carbocycles. The lowest BCUT2D eigenvalue weighted by Gasteiger charge is -2.16. The average Bonchev–Trinajstić information content (AvgIpc) is 3.09. The van der Waals surface area contributed by atoms with Crippen LogP contribution in [0.25, 0.3) is 0 Å². The van der Waals surface area contributed by atoms with E-state index in [1.165, 1.54) is 19.4 Å². The molecule has 148 valence electrons. The summed E-state index contributed by atoms with van der Waals surface area (Å²) in [4.78, 5) is 52.0. The number of esters is 1. The van der Waals surface area contributed by atoms with Crippen molar-refractivity contribution >= 4 is 45.8 Å². The first-order chi connectivity index (χ1) is 13.2. The standard InChI is InChI=1S/C18H20N4O5S/c1-11-4-6-13(7-5-11)20-15(24)8-22(3)16(25)9-27-17(26)14-10-28-18(21-14)19-12(2)23/h4-7,10H,8-9H2,1-3H3,(H,20,24)(H,19,21,23). The Morgan fingerprint density at radius 3 is 2.46 bits per heavy atom. The highest BCUT2D eigenvalue weighted by atomic mass is 32.1. The molecule has 3 amide bonds. The maximum Gasteiger partial charge on any atom is 0.358 e. The van der Waals surface area contributed by atoms with E-state index >= 15 is 0 Å². The lowest BCUT2D eigenvalue weighted by Crippen LogP contribution is -2.37. The van der Waals surface area contributed by atoms with Gasteiger partial charge >= 0.3 is 5.97 Å². The van der Waals surface area contributed by atoms with Crippen molar-refractivity contribution in [2.24, 2.45) is 0 Å². The molecular formula is C18H20N4O5S. The molecule has 0 aliphatic carbocycles. The van der Waals surface area contributed by atoms with Crippen LogP contribution in [0, 0.1) is 6.92 Å². The summed E-state index contributed by atoms with van der Waals surface area (Å²) >= 11 is 1.06. The van der Waals surface area contributed by atoms with Gasteiger partial charge < -0.3 is 20.3 Å². The summed E-state index contributed by atoms with van der Waals surface area (Å²) in [6.07, 6.45) is 0. The molecule has 1 heterocycles. The van der Waals surface area contributed by atoms with Crippen molar-refractivity contribution in [1.82, 2.24) is 9.88 Å². The molecule has 9 nitrogen and oxygen atoms in total. The Balaban J connectivity index is 1.79. The average molecular weight is 404 g/mol. The predicted octanol–water partition coefficient (Wildman–Crippen LogP) is 1.66. The van der Waals surface area contributed by atoms with E-state index in [-0.39, 0.29) is 29.2 Å². The number of carbonyl (C=O) groups excluding carboxylic acids is 4. The summed E-state index contributed by atoms with van der Waals surface area (Å²) in [6, 6.07) is 7.25. The number of thiazole rings is 1. The van der Waals surface area contributed by atoms with Gasteiger partial charge in [0.25, 0.3) is 5.91 Å². The van der Waals surface area contributed by atoms with Crippen LogP contribution < -0.4 is 10.6 Å². The van der Waals surface area contributed by atoms with Crippen molar-refractivity contribution in [3.8, 4) is 0 Å². The van der Waals surface area contributed by atoms with Gasteiger partial charge in [0.1, 0.15) is 0 Å². The number of ether oxygens (including phenoxy) is 1. The number of amides is 3. The van der Waals surface area contributed by atoms with Gasteiger partial charge in [-0.1, -0.05) is 17.7 Å². The van der Waals surface area contributed by atoms with Crippen molar-refractivity contribution in [2.75, 3.05) is 30.8 Å². The van der Waals surface area contributed by atoms with E-state index in [0.29, 0.717) is 5.69 Å². The maximum absolute atomic E-state index is 12.1. The van der Waals surface area contributed by atoms with Crippen LogP contribution in [-0.2, 0) is 19.1 Å². The second-order valence-electron chi connectivity index (χ2n) is 5.96. The van der Waals surface area contributed by atoms with Crippen LogP contribution in [0.5, 0.6) is 0 Å². The second-order valence-corrected chi connectivity index (χ2v) is 6.82. The second kappa shape index (κ2) is 9.60. The van der Waals surface area contributed by atoms with Gasteiger partial charge in [0, 0.05) is 25.0 Å². The summed E-state index contributed by atoms with van der Waals surface area (Å²) in [6.45, 7) is 2.54. The number of nitrogens with one attached hydrogen (secondary N) is 2. The Bertz CT molecular complexity index is 878. The normalized spacial score (nSPS) is 10.1. The number of aryl methyl sites for hydroxylation is 1. The van der Waals surface area contributed by atoms with E-state index in [2.05, 4.69) is 15.6 Å². The van der Waals surface area contributed by atoms with Gasteiger partial charge in [-0.15, -0.1) is 11.3 Å². The molecule has 2 N–H and O–H groups in total. The Morgan fingerprint density at radius 1 is 1.14 bits per heavy atom. The van der Waals surface area contributed by atoms with E-state index < -0.39 is 18.5 Å². The minimum atomic E-state index is -0.793. The molecule has 0 bridgehead atoms. The lowest BCUT2D eigenvalue weighted by molar-refractivity contribution is -0.136. The molecule has 0 atom stereocenters. The van der Waals surface area contributed by atoms with Crippen LogP contribution in [0.15, 0.2) is 29.6 Å². The third-order valence-corrected chi connectivity index (χ3v) is 4.22. The molecule has 1 aromatic heterocycles. The number of carbonyl (C=O) groups is 4. The van der Waals surface area contributed by atoms with Crippen LogP contribution in [0.1, 0.15) is 23.0 Å². The molecule has 0 aliphatic heterocycles. The molecule has 10 heteroatoms. The minimum absolute atomic E-state index is 0.0127. The first-order valence-corrected chi connectivity index (χ1v) is 9.13. The Hall–Kier alpha value is -3.27. The van der Waals surface area contributed by atoms with Crippen LogP contribution in [0.3, 0.4) is 0 Å². The fourth-order valence-electron chi connectivity index (χ4n) is 2.03. The van der Waals surface area contributed by atoms with Gasteiger partial charge in [-0.2, -0.15) is 0 Å². The molecule has 0 spiro atoms. The molecule has 1 aromatic carbocycles. The molecule has 0 radical (unpaired) electrons. The molecule has 2 rings (SSSR count). The number of hydrogen-bond donors (Lipinski definition) is 2. The van der Waals surface area contributed by atoms with Gasteiger partial charge in [0.2, 0.25) is 11.8 Å². The quantitative estimate of drug-likeness (QED) is 0.678. The van der Waals surface area contributed by atoms with E-state index in [0.717, 1.165) is 21.8 Å². The lowest BCUT2D eigenvalue weighted by atomic mass is 10.2. The third kappa shape index (κ3) is 6.47. The van der Waals surface area contributed by atoms with Gasteiger partial charge in [0.15, 0.2) is 17.4 Å². The van der Waals surface area contributed by atoms with Crippen molar-refractivity contribution in [1.29, 1.82) is 0 Å². The highest BCUT2D eigenvalue weighted by Crippen LogP contribution is 2.16. The molecule has 0 unspecified atom stereocenters. The molecule has 0 fully saturated rings. The van der Waals surface area contributed by atoms with Crippen LogP contribution in [-0.4, -0.2) is 53.8 Å². The van der Waals surface area contributed by atoms with Crippen molar-refractivity contribution < 1.29 is 23.9 Å². The topological polar surface area (TPSA) is 118 Å². The van der Waals surface area contributed by atoms with Gasteiger partial charge in [-0.05, 0) is 19.1 Å². The minimum Gasteiger partial charge on any atom is -0.451 e. The first-order valence-electron chi connectivity index (χ1n) is 8.25. The molecule has 28 heavy (non-hydrogen) atoms. The number of anilines is 2. The summed E-state index contributed by atoms with van der Waals surface area (Å²) < 4.78 is 4.91. The van der Waals surface area contributed by atoms with Gasteiger partial charge in [-0.25, -0.2) is 9.78 Å². The highest BCUT2D eigenvalue weighted by molar-refractivity contribution is 7.14. The fourth-order valence-corrected chi connectivity index (χ4v) is 2.75. The summed E-state index contributed by atoms with van der Waals surface area (Å²) in [7, 11) is 1.43. The molecule has 0 saturated heterocycles. The fraction of sp³-hybridized carbons (Fsp3) is 0.278. The van der Waals surface area contributed by atoms with Crippen molar-refractivity contribution in [3.05, 3.63) is 40.9 Å². The van der Waals surface area contributed by atoms with Gasteiger partial charge in [-0.3, -0.25) is 14.4 Å². The van der Waals surface area contributed by atoms with Crippen LogP contribution >= 0.6 is 11.3 Å². The number of likely N-dealkylation sites (N-methyl/N-ethyl adjacent to an activating group) is 1. The highest BCUT2D eigenvalue weighted by Gasteiger charge is 2.18. The smallest absolute Gasteiger partial charge is 0.358 e. The van der Waals surface area contributed by atoms with Crippen LogP contribution in [0.4, 0.5) is 10.8 Å². The Morgan fingerprint density at radius 2 is 1.82 bits per heavy atom.